The highest BCUT2D eigenvalue weighted by Gasteiger charge is 2.09. The van der Waals surface area contributed by atoms with Crippen LogP contribution in [0.25, 0.3) is 32.3 Å². The van der Waals surface area contributed by atoms with Crippen LogP contribution in [0.4, 0.5) is 5.69 Å². The molecule has 0 unspecified atom stereocenters. The lowest BCUT2D eigenvalue weighted by Crippen LogP contribution is -2.18. The van der Waals surface area contributed by atoms with Gasteiger partial charge in [0.05, 0.1) is 16.5 Å². The predicted octanol–water partition coefficient (Wildman–Crippen LogP) is 4.27. The quantitative estimate of drug-likeness (QED) is 0.362. The minimum absolute atomic E-state index is 0.284. The van der Waals surface area contributed by atoms with Crippen molar-refractivity contribution in [3.05, 3.63) is 99.1 Å². The average Bonchev–Trinajstić information content (AvgIpc) is 2.73. The minimum atomic E-state index is -0.370. The van der Waals surface area contributed by atoms with Crippen molar-refractivity contribution in [3.63, 3.8) is 0 Å². The molecule has 0 aliphatic rings. The molecule has 0 atom stereocenters. The van der Waals surface area contributed by atoms with E-state index in [9.17, 15) is 9.59 Å². The largest absolute Gasteiger partial charge is 0.272 e. The molecule has 0 amide bonds. The molecule has 0 spiro atoms. The van der Waals surface area contributed by atoms with Gasteiger partial charge in [-0.2, -0.15) is 0 Å². The summed E-state index contributed by atoms with van der Waals surface area (Å²) in [4.78, 5) is 28.9. The van der Waals surface area contributed by atoms with E-state index in [1.54, 1.807) is 24.4 Å². The second-order valence-electron chi connectivity index (χ2n) is 6.60. The standard InChI is InChI=1S/C23H15N3O2/c27-22-18-10-5-11-20(21(18)23(28)26-25-22)24-13-19-16-8-3-1-6-14(16)12-15-7-2-4-9-17(15)19/h1-13H,(H,25,27)(H,26,28). The fourth-order valence-corrected chi connectivity index (χ4v) is 3.64. The molecule has 0 aliphatic heterocycles. The Labute approximate surface area is 159 Å². The Hall–Kier alpha value is -3.99. The van der Waals surface area contributed by atoms with Crippen LogP contribution < -0.4 is 11.1 Å². The van der Waals surface area contributed by atoms with E-state index in [1.165, 1.54) is 0 Å². The Morgan fingerprint density at radius 2 is 1.29 bits per heavy atom. The summed E-state index contributed by atoms with van der Waals surface area (Å²) in [7, 11) is 0. The Morgan fingerprint density at radius 1 is 0.679 bits per heavy atom. The summed E-state index contributed by atoms with van der Waals surface area (Å²) < 4.78 is 0. The first kappa shape index (κ1) is 16.2. The minimum Gasteiger partial charge on any atom is -0.267 e. The topological polar surface area (TPSA) is 78.1 Å². The number of fused-ring (bicyclic) bond motifs is 3. The number of aromatic nitrogens is 2. The van der Waals surface area contributed by atoms with Gasteiger partial charge in [-0.1, -0.05) is 54.6 Å². The molecule has 5 aromatic rings. The number of benzene rings is 4. The monoisotopic (exact) mass is 365 g/mol. The van der Waals surface area contributed by atoms with Crippen molar-refractivity contribution in [3.8, 4) is 0 Å². The number of hydrogen-bond donors (Lipinski definition) is 2. The first-order chi connectivity index (χ1) is 13.7. The van der Waals surface area contributed by atoms with Crippen molar-refractivity contribution in [2.75, 3.05) is 0 Å². The molecular formula is C23H15N3O2. The summed E-state index contributed by atoms with van der Waals surface area (Å²) in [5.74, 6) is 0. The summed E-state index contributed by atoms with van der Waals surface area (Å²) in [6.07, 6.45) is 1.78. The van der Waals surface area contributed by atoms with E-state index in [0.29, 0.717) is 11.1 Å². The van der Waals surface area contributed by atoms with Gasteiger partial charge in [-0.3, -0.25) is 24.8 Å². The highest BCUT2D eigenvalue weighted by atomic mass is 16.1. The van der Waals surface area contributed by atoms with E-state index < -0.39 is 0 Å². The van der Waals surface area contributed by atoms with Crippen LogP contribution >= 0.6 is 0 Å². The maximum absolute atomic E-state index is 12.3. The number of rotatable bonds is 2. The van der Waals surface area contributed by atoms with Gasteiger partial charge in [-0.15, -0.1) is 0 Å². The summed E-state index contributed by atoms with van der Waals surface area (Å²) in [6.45, 7) is 0. The third-order valence-electron chi connectivity index (χ3n) is 4.95. The van der Waals surface area contributed by atoms with Crippen LogP contribution in [0.15, 0.2) is 87.4 Å². The number of hydrogen-bond acceptors (Lipinski definition) is 3. The SMILES string of the molecule is O=c1[nH][nH]c(=O)c2c(N=Cc3c4ccccc4cc4ccccc34)cccc12. The van der Waals surface area contributed by atoms with Crippen molar-refractivity contribution in [2.24, 2.45) is 4.99 Å². The Morgan fingerprint density at radius 3 is 2.00 bits per heavy atom. The van der Waals surface area contributed by atoms with Gasteiger partial charge >= 0.3 is 0 Å². The van der Waals surface area contributed by atoms with Gasteiger partial charge in [0.2, 0.25) is 0 Å². The zero-order valence-corrected chi connectivity index (χ0v) is 14.8. The van der Waals surface area contributed by atoms with Crippen molar-refractivity contribution >= 4 is 44.2 Å². The fraction of sp³-hybridized carbons (Fsp3) is 0. The molecule has 5 heteroatoms. The molecule has 0 bridgehead atoms. The molecule has 0 saturated carbocycles. The zero-order valence-electron chi connectivity index (χ0n) is 14.8. The Kier molecular flexibility index (Phi) is 3.66. The molecule has 28 heavy (non-hydrogen) atoms. The molecule has 2 N–H and O–H groups in total. The number of aliphatic imine (C=N–C) groups is 1. The van der Waals surface area contributed by atoms with E-state index >= 15 is 0 Å². The van der Waals surface area contributed by atoms with Crippen LogP contribution in [0.5, 0.6) is 0 Å². The van der Waals surface area contributed by atoms with Gasteiger partial charge in [0.25, 0.3) is 11.1 Å². The van der Waals surface area contributed by atoms with E-state index in [0.717, 1.165) is 27.1 Å². The van der Waals surface area contributed by atoms with E-state index in [2.05, 4.69) is 45.5 Å². The molecule has 0 radical (unpaired) electrons. The second-order valence-corrected chi connectivity index (χ2v) is 6.60. The maximum atomic E-state index is 12.3. The van der Waals surface area contributed by atoms with Crippen LogP contribution in [0, 0.1) is 0 Å². The summed E-state index contributed by atoms with van der Waals surface area (Å²) in [6, 6.07) is 23.5. The van der Waals surface area contributed by atoms with Crippen molar-refractivity contribution in [2.45, 2.75) is 0 Å². The molecule has 5 nitrogen and oxygen atoms in total. The van der Waals surface area contributed by atoms with Gasteiger partial charge in [-0.25, -0.2) is 0 Å². The van der Waals surface area contributed by atoms with E-state index in [-0.39, 0.29) is 16.5 Å². The molecule has 5 rings (SSSR count). The van der Waals surface area contributed by atoms with E-state index in [1.807, 2.05) is 24.3 Å². The summed E-state index contributed by atoms with van der Waals surface area (Å²) >= 11 is 0. The highest BCUT2D eigenvalue weighted by molar-refractivity contribution is 6.14. The van der Waals surface area contributed by atoms with Gasteiger partial charge < -0.3 is 0 Å². The van der Waals surface area contributed by atoms with Crippen LogP contribution in [0.3, 0.4) is 0 Å². The molecule has 0 fully saturated rings. The molecule has 0 aliphatic carbocycles. The first-order valence-corrected chi connectivity index (χ1v) is 8.90. The predicted molar refractivity (Wildman–Crippen MR) is 114 cm³/mol. The number of nitrogens with one attached hydrogen (secondary N) is 2. The van der Waals surface area contributed by atoms with Crippen molar-refractivity contribution in [1.82, 2.24) is 10.2 Å². The lowest BCUT2D eigenvalue weighted by Gasteiger charge is -2.08. The Balaban J connectivity index is 1.80. The lowest BCUT2D eigenvalue weighted by atomic mass is 9.97. The molecule has 4 aromatic carbocycles. The molecule has 1 aromatic heterocycles. The molecule has 134 valence electrons. The van der Waals surface area contributed by atoms with Crippen molar-refractivity contribution in [1.29, 1.82) is 0 Å². The third-order valence-corrected chi connectivity index (χ3v) is 4.95. The van der Waals surface area contributed by atoms with Gasteiger partial charge in [0.1, 0.15) is 0 Å². The van der Waals surface area contributed by atoms with Crippen LogP contribution in [0.1, 0.15) is 5.56 Å². The van der Waals surface area contributed by atoms with Crippen LogP contribution in [-0.2, 0) is 0 Å². The highest BCUT2D eigenvalue weighted by Crippen LogP contribution is 2.28. The summed E-state index contributed by atoms with van der Waals surface area (Å²) in [5, 5.41) is 9.73. The number of nitrogens with zero attached hydrogens (tertiary/aromatic N) is 1. The molecule has 1 heterocycles. The van der Waals surface area contributed by atoms with E-state index in [4.69, 9.17) is 0 Å². The second kappa shape index (κ2) is 6.32. The summed E-state index contributed by atoms with van der Waals surface area (Å²) in [5.41, 5.74) is 0.723. The zero-order chi connectivity index (χ0) is 19.1. The van der Waals surface area contributed by atoms with Crippen LogP contribution in [-0.4, -0.2) is 16.4 Å². The third kappa shape index (κ3) is 2.53. The Bertz CT molecular complexity index is 1460. The average molecular weight is 365 g/mol. The van der Waals surface area contributed by atoms with Crippen LogP contribution in [0.2, 0.25) is 0 Å². The van der Waals surface area contributed by atoms with Gasteiger partial charge in [-0.05, 0) is 39.7 Å². The smallest absolute Gasteiger partial charge is 0.267 e. The number of H-pyrrole nitrogens is 2. The first-order valence-electron chi connectivity index (χ1n) is 8.90. The molecular weight excluding hydrogens is 350 g/mol. The van der Waals surface area contributed by atoms with Crippen molar-refractivity contribution < 1.29 is 0 Å². The van der Waals surface area contributed by atoms with Gasteiger partial charge in [0, 0.05) is 11.8 Å². The van der Waals surface area contributed by atoms with Gasteiger partial charge in [0.15, 0.2) is 0 Å². The fourth-order valence-electron chi connectivity index (χ4n) is 3.64. The molecule has 0 saturated heterocycles. The number of aromatic amines is 2. The lowest BCUT2D eigenvalue weighted by molar-refractivity contribution is 0.976. The normalized spacial score (nSPS) is 11.7. The maximum Gasteiger partial charge on any atom is 0.272 e.